The van der Waals surface area contributed by atoms with E-state index in [-0.39, 0.29) is 0 Å². The summed E-state index contributed by atoms with van der Waals surface area (Å²) < 4.78 is 6.40. The Morgan fingerprint density at radius 1 is 0.300 bits per heavy atom. The standard InChI is InChI=1S/C48H33NO/c1-3-12-37(13-4-1)45-30-25-40(32-46(45)48-33-41-15-9-10-18-47(41)50-48)36-23-28-44(29-24-36)49(42-16-5-2-6-17-42)43-26-21-35(22-27-43)39-20-19-34-11-7-8-14-38(34)31-39/h1-33H. The van der Waals surface area contributed by atoms with Gasteiger partial charge in [-0.05, 0) is 105 Å². The van der Waals surface area contributed by atoms with Crippen LogP contribution in [0.1, 0.15) is 0 Å². The number of fused-ring (bicyclic) bond motifs is 2. The van der Waals surface area contributed by atoms with Crippen LogP contribution in [-0.2, 0) is 0 Å². The second-order valence-corrected chi connectivity index (χ2v) is 12.6. The molecule has 0 aliphatic heterocycles. The number of hydrogen-bond acceptors (Lipinski definition) is 2. The molecule has 0 N–H and O–H groups in total. The molecule has 9 rings (SSSR count). The third kappa shape index (κ3) is 5.63. The summed E-state index contributed by atoms with van der Waals surface area (Å²) in [5, 5.41) is 3.60. The van der Waals surface area contributed by atoms with Crippen LogP contribution in [0.15, 0.2) is 205 Å². The second-order valence-electron chi connectivity index (χ2n) is 12.6. The van der Waals surface area contributed by atoms with E-state index < -0.39 is 0 Å². The van der Waals surface area contributed by atoms with Crippen molar-refractivity contribution in [2.45, 2.75) is 0 Å². The minimum Gasteiger partial charge on any atom is -0.456 e. The fraction of sp³-hybridized carbons (Fsp3) is 0. The number of furan rings is 1. The van der Waals surface area contributed by atoms with Crippen LogP contribution in [0, 0.1) is 0 Å². The van der Waals surface area contributed by atoms with Crippen molar-refractivity contribution in [3.63, 3.8) is 0 Å². The van der Waals surface area contributed by atoms with E-state index in [0.717, 1.165) is 61.6 Å². The lowest BCUT2D eigenvalue weighted by Gasteiger charge is -2.26. The third-order valence-corrected chi connectivity index (χ3v) is 9.48. The molecule has 236 valence electrons. The summed E-state index contributed by atoms with van der Waals surface area (Å²) in [6.07, 6.45) is 0. The van der Waals surface area contributed by atoms with Crippen molar-refractivity contribution in [2.24, 2.45) is 0 Å². The molecule has 0 aliphatic carbocycles. The van der Waals surface area contributed by atoms with Gasteiger partial charge in [0.25, 0.3) is 0 Å². The predicted octanol–water partition coefficient (Wildman–Crippen LogP) is 13.7. The molecule has 0 unspecified atom stereocenters. The van der Waals surface area contributed by atoms with Crippen LogP contribution in [0.5, 0.6) is 0 Å². The molecular weight excluding hydrogens is 607 g/mol. The highest BCUT2D eigenvalue weighted by Crippen LogP contribution is 2.40. The van der Waals surface area contributed by atoms with Gasteiger partial charge in [0.05, 0.1) is 0 Å². The van der Waals surface area contributed by atoms with Crippen LogP contribution in [0.25, 0.3) is 66.4 Å². The largest absolute Gasteiger partial charge is 0.456 e. The Hall–Kier alpha value is -6.64. The smallest absolute Gasteiger partial charge is 0.136 e. The Balaban J connectivity index is 1.08. The fourth-order valence-electron chi connectivity index (χ4n) is 6.91. The minimum absolute atomic E-state index is 0.867. The van der Waals surface area contributed by atoms with E-state index in [4.69, 9.17) is 4.42 Å². The van der Waals surface area contributed by atoms with Crippen LogP contribution >= 0.6 is 0 Å². The first-order chi connectivity index (χ1) is 24.8. The lowest BCUT2D eigenvalue weighted by molar-refractivity contribution is 0.632. The van der Waals surface area contributed by atoms with Gasteiger partial charge in [0.2, 0.25) is 0 Å². The van der Waals surface area contributed by atoms with Gasteiger partial charge in [-0.15, -0.1) is 0 Å². The van der Waals surface area contributed by atoms with E-state index in [1.165, 1.54) is 21.9 Å². The Kier molecular flexibility index (Phi) is 7.53. The van der Waals surface area contributed by atoms with Crippen molar-refractivity contribution < 1.29 is 4.42 Å². The summed E-state index contributed by atoms with van der Waals surface area (Å²) in [4.78, 5) is 2.31. The third-order valence-electron chi connectivity index (χ3n) is 9.48. The second kappa shape index (κ2) is 12.8. The number of hydrogen-bond donors (Lipinski definition) is 0. The van der Waals surface area contributed by atoms with Crippen LogP contribution in [0.4, 0.5) is 17.1 Å². The van der Waals surface area contributed by atoms with E-state index in [2.05, 4.69) is 193 Å². The van der Waals surface area contributed by atoms with E-state index in [1.807, 2.05) is 12.1 Å². The maximum Gasteiger partial charge on any atom is 0.136 e. The van der Waals surface area contributed by atoms with Crippen LogP contribution < -0.4 is 4.90 Å². The van der Waals surface area contributed by atoms with Gasteiger partial charge in [0, 0.05) is 28.0 Å². The lowest BCUT2D eigenvalue weighted by atomic mass is 9.93. The summed E-state index contributed by atoms with van der Waals surface area (Å²) in [5.74, 6) is 0.867. The van der Waals surface area contributed by atoms with Crippen molar-refractivity contribution >= 4 is 38.8 Å². The van der Waals surface area contributed by atoms with Crippen molar-refractivity contribution in [2.75, 3.05) is 4.90 Å². The maximum atomic E-state index is 6.40. The summed E-state index contributed by atoms with van der Waals surface area (Å²) in [6, 6.07) is 71.0. The van der Waals surface area contributed by atoms with E-state index in [0.29, 0.717) is 0 Å². The molecule has 0 amide bonds. The fourth-order valence-corrected chi connectivity index (χ4v) is 6.91. The zero-order valence-electron chi connectivity index (χ0n) is 27.4. The SMILES string of the molecule is c1ccc(-c2ccc(-c3ccc(N(c4ccccc4)c4ccc(-c5ccc6ccccc6c5)cc4)cc3)cc2-c2cc3ccccc3o2)cc1. The summed E-state index contributed by atoms with van der Waals surface area (Å²) in [7, 11) is 0. The molecule has 1 aromatic heterocycles. The summed E-state index contributed by atoms with van der Waals surface area (Å²) in [5.41, 5.74) is 12.3. The Morgan fingerprint density at radius 2 is 0.820 bits per heavy atom. The molecular formula is C48H33NO. The molecule has 50 heavy (non-hydrogen) atoms. The van der Waals surface area contributed by atoms with E-state index in [1.54, 1.807) is 0 Å². The first kappa shape index (κ1) is 29.5. The predicted molar refractivity (Wildman–Crippen MR) is 210 cm³/mol. The summed E-state index contributed by atoms with van der Waals surface area (Å²) >= 11 is 0. The maximum absolute atomic E-state index is 6.40. The van der Waals surface area contributed by atoms with Gasteiger partial charge in [-0.1, -0.05) is 140 Å². The zero-order valence-corrected chi connectivity index (χ0v) is 27.4. The molecule has 9 aromatic rings. The van der Waals surface area contributed by atoms with Gasteiger partial charge in [-0.2, -0.15) is 0 Å². The molecule has 0 saturated carbocycles. The average Bonchev–Trinajstić information content (AvgIpc) is 3.64. The van der Waals surface area contributed by atoms with E-state index in [9.17, 15) is 0 Å². The molecule has 8 aromatic carbocycles. The Labute approximate surface area is 292 Å². The summed E-state index contributed by atoms with van der Waals surface area (Å²) in [6.45, 7) is 0. The molecule has 0 atom stereocenters. The van der Waals surface area contributed by atoms with Gasteiger partial charge < -0.3 is 9.32 Å². The molecule has 2 heteroatoms. The van der Waals surface area contributed by atoms with Crippen LogP contribution in [0.3, 0.4) is 0 Å². The molecule has 1 heterocycles. The average molecular weight is 640 g/mol. The first-order valence-electron chi connectivity index (χ1n) is 17.0. The van der Waals surface area contributed by atoms with Crippen LogP contribution in [-0.4, -0.2) is 0 Å². The molecule has 0 aliphatic rings. The Morgan fingerprint density at radius 3 is 1.50 bits per heavy atom. The number of nitrogens with zero attached hydrogens (tertiary/aromatic N) is 1. The van der Waals surface area contributed by atoms with Gasteiger partial charge in [0.15, 0.2) is 0 Å². The van der Waals surface area contributed by atoms with Gasteiger partial charge in [0.1, 0.15) is 11.3 Å². The molecule has 0 bridgehead atoms. The molecule has 0 saturated heterocycles. The first-order valence-corrected chi connectivity index (χ1v) is 17.0. The van der Waals surface area contributed by atoms with Crippen molar-refractivity contribution in [3.8, 4) is 44.7 Å². The quantitative estimate of drug-likeness (QED) is 0.173. The van der Waals surface area contributed by atoms with Crippen molar-refractivity contribution in [3.05, 3.63) is 200 Å². The van der Waals surface area contributed by atoms with E-state index >= 15 is 0 Å². The van der Waals surface area contributed by atoms with Crippen molar-refractivity contribution in [1.29, 1.82) is 0 Å². The lowest BCUT2D eigenvalue weighted by Crippen LogP contribution is -2.09. The highest BCUT2D eigenvalue weighted by atomic mass is 16.3. The molecule has 0 fully saturated rings. The number of para-hydroxylation sites is 2. The number of benzene rings is 8. The van der Waals surface area contributed by atoms with Gasteiger partial charge in [-0.25, -0.2) is 0 Å². The topological polar surface area (TPSA) is 16.4 Å². The highest BCUT2D eigenvalue weighted by molar-refractivity contribution is 5.91. The molecule has 2 nitrogen and oxygen atoms in total. The van der Waals surface area contributed by atoms with Gasteiger partial charge in [-0.3, -0.25) is 0 Å². The number of anilines is 3. The molecule has 0 radical (unpaired) electrons. The molecule has 0 spiro atoms. The Bertz CT molecular complexity index is 2530. The number of rotatable bonds is 7. The normalized spacial score (nSPS) is 11.2. The zero-order chi connectivity index (χ0) is 33.3. The monoisotopic (exact) mass is 639 g/mol. The van der Waals surface area contributed by atoms with Crippen LogP contribution in [0.2, 0.25) is 0 Å². The minimum atomic E-state index is 0.867. The van der Waals surface area contributed by atoms with Gasteiger partial charge >= 0.3 is 0 Å². The highest BCUT2D eigenvalue weighted by Gasteiger charge is 2.16. The van der Waals surface area contributed by atoms with Crippen molar-refractivity contribution in [1.82, 2.24) is 0 Å².